The lowest BCUT2D eigenvalue weighted by Gasteiger charge is -2.19. The predicted molar refractivity (Wildman–Crippen MR) is 174 cm³/mol. The van der Waals surface area contributed by atoms with Crippen LogP contribution < -0.4 is 9.44 Å². The molecule has 4 aromatic carbocycles. The lowest BCUT2D eigenvalue weighted by molar-refractivity contribution is -0.141. The van der Waals surface area contributed by atoms with Gasteiger partial charge in [-0.2, -0.15) is 0 Å². The molecule has 0 aliphatic rings. The van der Waals surface area contributed by atoms with E-state index in [1.54, 1.807) is 121 Å². The van der Waals surface area contributed by atoms with Crippen LogP contribution in [0.4, 0.5) is 0 Å². The fourth-order valence-electron chi connectivity index (χ4n) is 4.43. The maximum absolute atomic E-state index is 12.9. The fraction of sp³-hybridized carbons (Fsp3) is 0.176. The number of carbonyl (C=O) groups is 2. The number of hydrogen-bond donors (Lipinski definition) is 2. The molecular weight excluding hydrogens is 629 g/mol. The van der Waals surface area contributed by atoms with Crippen LogP contribution in [0.25, 0.3) is 0 Å². The molecule has 0 radical (unpaired) electrons. The van der Waals surface area contributed by atoms with Crippen molar-refractivity contribution in [3.8, 4) is 0 Å². The van der Waals surface area contributed by atoms with Gasteiger partial charge >= 0.3 is 11.9 Å². The first kappa shape index (κ1) is 34.3. The van der Waals surface area contributed by atoms with Gasteiger partial charge < -0.3 is 9.47 Å². The summed E-state index contributed by atoms with van der Waals surface area (Å²) in [4.78, 5) is 25.0. The smallest absolute Gasteiger partial charge is 0.331 e. The summed E-state index contributed by atoms with van der Waals surface area (Å²) in [5.41, 5.74) is 2.35. The van der Waals surface area contributed by atoms with Crippen molar-refractivity contribution < 1.29 is 35.9 Å². The molecule has 12 heteroatoms. The lowest BCUT2D eigenvalue weighted by atomic mass is 10.1. The largest absolute Gasteiger partial charge is 0.460 e. The van der Waals surface area contributed by atoms with Gasteiger partial charge in [0.15, 0.2) is 0 Å². The summed E-state index contributed by atoms with van der Waals surface area (Å²) in [6.07, 6.45) is 1.72. The Morgan fingerprint density at radius 3 is 1.15 bits per heavy atom. The average Bonchev–Trinajstić information content (AvgIpc) is 3.05. The molecule has 0 aromatic heterocycles. The molecule has 0 aliphatic heterocycles. The summed E-state index contributed by atoms with van der Waals surface area (Å²) in [6.45, 7) is -0.676. The predicted octanol–water partition coefficient (Wildman–Crippen LogP) is 4.35. The normalized spacial score (nSPS) is 13.1. The van der Waals surface area contributed by atoms with Crippen LogP contribution in [0.5, 0.6) is 0 Å². The van der Waals surface area contributed by atoms with E-state index in [4.69, 9.17) is 9.47 Å². The van der Waals surface area contributed by atoms with E-state index < -0.39 is 44.1 Å². The van der Waals surface area contributed by atoms with Crippen LogP contribution in [0.3, 0.4) is 0 Å². The third kappa shape index (κ3) is 11.7. The number of hydrogen-bond acceptors (Lipinski definition) is 8. The van der Waals surface area contributed by atoms with Gasteiger partial charge in [-0.25, -0.2) is 35.9 Å². The molecule has 4 aromatic rings. The zero-order valence-electron chi connectivity index (χ0n) is 24.8. The van der Waals surface area contributed by atoms with E-state index in [1.165, 1.54) is 0 Å². The number of ether oxygens (including phenoxy) is 2. The van der Waals surface area contributed by atoms with E-state index in [0.717, 1.165) is 12.2 Å². The van der Waals surface area contributed by atoms with Crippen molar-refractivity contribution in [2.75, 3.05) is 13.2 Å². The molecule has 0 saturated heterocycles. The summed E-state index contributed by atoms with van der Waals surface area (Å²) in [5, 5.41) is 0. The molecule has 0 heterocycles. The monoisotopic (exact) mass is 662 g/mol. The summed E-state index contributed by atoms with van der Waals surface area (Å²) in [6, 6.07) is 32.9. The third-order valence-corrected chi connectivity index (χ3v) is 9.30. The lowest BCUT2D eigenvalue weighted by Crippen LogP contribution is -2.33. The highest BCUT2D eigenvalue weighted by molar-refractivity contribution is 7.89. The van der Waals surface area contributed by atoms with E-state index in [1.807, 2.05) is 0 Å². The molecule has 0 amide bonds. The van der Waals surface area contributed by atoms with E-state index in [9.17, 15) is 26.4 Å². The minimum Gasteiger partial charge on any atom is -0.460 e. The zero-order valence-corrected chi connectivity index (χ0v) is 26.4. The van der Waals surface area contributed by atoms with E-state index in [-0.39, 0.29) is 24.7 Å². The molecular formula is C34H34N2O8S2. The zero-order chi connectivity index (χ0) is 32.8. The van der Waals surface area contributed by atoms with Gasteiger partial charge in [-0.3, -0.25) is 0 Å². The van der Waals surface area contributed by atoms with Crippen LogP contribution in [-0.4, -0.2) is 42.0 Å². The molecule has 2 atom stereocenters. The van der Waals surface area contributed by atoms with Crippen molar-refractivity contribution in [2.45, 2.75) is 23.6 Å². The van der Waals surface area contributed by atoms with Crippen LogP contribution in [0.1, 0.15) is 34.3 Å². The van der Waals surface area contributed by atoms with Gasteiger partial charge in [0.25, 0.3) is 0 Å². The minimum absolute atomic E-state index is 0.261. The molecule has 0 fully saturated rings. The van der Waals surface area contributed by atoms with E-state index in [0.29, 0.717) is 22.3 Å². The third-order valence-electron chi connectivity index (χ3n) is 6.59. The van der Waals surface area contributed by atoms with Crippen LogP contribution in [0, 0.1) is 0 Å². The van der Waals surface area contributed by atoms with Crippen LogP contribution in [0.15, 0.2) is 133 Å². The Kier molecular flexibility index (Phi) is 12.4. The van der Waals surface area contributed by atoms with Gasteiger partial charge in [0.1, 0.15) is 13.2 Å². The molecule has 0 bridgehead atoms. The Morgan fingerprint density at radius 1 is 0.522 bits per heavy atom. The summed E-state index contributed by atoms with van der Waals surface area (Å²) in [7, 11) is -7.61. The van der Waals surface area contributed by atoms with Crippen molar-refractivity contribution in [3.63, 3.8) is 0 Å². The summed E-state index contributed by atoms with van der Waals surface area (Å²) in [5.74, 6) is -2.32. The van der Waals surface area contributed by atoms with Crippen molar-refractivity contribution in [1.29, 1.82) is 0 Å². The second kappa shape index (κ2) is 16.6. The molecule has 0 saturated carbocycles. The number of rotatable bonds is 16. The van der Waals surface area contributed by atoms with Gasteiger partial charge in [-0.05, 0) is 22.3 Å². The van der Waals surface area contributed by atoms with Crippen LogP contribution in [-0.2, 0) is 50.6 Å². The topological polar surface area (TPSA) is 145 Å². The van der Waals surface area contributed by atoms with Gasteiger partial charge in [0.05, 0.1) is 23.6 Å². The molecule has 0 unspecified atom stereocenters. The minimum atomic E-state index is -3.81. The van der Waals surface area contributed by atoms with Crippen molar-refractivity contribution in [2.24, 2.45) is 0 Å². The molecule has 0 aliphatic carbocycles. The fourth-order valence-corrected chi connectivity index (χ4v) is 7.14. The first-order valence-electron chi connectivity index (χ1n) is 14.3. The maximum atomic E-state index is 12.9. The van der Waals surface area contributed by atoms with Gasteiger partial charge in [-0.15, -0.1) is 0 Å². The van der Waals surface area contributed by atoms with Gasteiger partial charge in [-0.1, -0.05) is 121 Å². The Balaban J connectivity index is 1.34. The first-order chi connectivity index (χ1) is 22.1. The Morgan fingerprint density at radius 2 is 0.826 bits per heavy atom. The molecule has 4 rings (SSSR count). The molecule has 240 valence electrons. The Hall–Kier alpha value is -4.62. The van der Waals surface area contributed by atoms with E-state index in [2.05, 4.69) is 9.44 Å². The Labute approximate surface area is 269 Å². The highest BCUT2D eigenvalue weighted by Crippen LogP contribution is 2.18. The second-order valence-electron chi connectivity index (χ2n) is 10.2. The summed E-state index contributed by atoms with van der Waals surface area (Å²) >= 11 is 0. The number of sulfonamides is 2. The van der Waals surface area contributed by atoms with Crippen molar-refractivity contribution in [1.82, 2.24) is 9.44 Å². The average molecular weight is 663 g/mol. The van der Waals surface area contributed by atoms with Crippen LogP contribution >= 0.6 is 0 Å². The van der Waals surface area contributed by atoms with Crippen molar-refractivity contribution in [3.05, 3.63) is 156 Å². The number of carbonyl (C=O) groups excluding carboxylic acids is 2. The molecule has 10 nitrogen and oxygen atoms in total. The second-order valence-corrected chi connectivity index (χ2v) is 13.8. The number of benzene rings is 4. The van der Waals surface area contributed by atoms with Crippen LogP contribution in [0.2, 0.25) is 0 Å². The highest BCUT2D eigenvalue weighted by Gasteiger charge is 2.23. The van der Waals surface area contributed by atoms with Gasteiger partial charge in [0, 0.05) is 12.2 Å². The molecule has 46 heavy (non-hydrogen) atoms. The quantitative estimate of drug-likeness (QED) is 0.133. The molecule has 0 spiro atoms. The number of nitrogens with one attached hydrogen (secondary N) is 2. The first-order valence-corrected chi connectivity index (χ1v) is 17.6. The van der Waals surface area contributed by atoms with Crippen molar-refractivity contribution >= 4 is 32.0 Å². The highest BCUT2D eigenvalue weighted by atomic mass is 32.2. The SMILES string of the molecule is O=C(/C=C/C(=O)OC[C@@H](NS(=O)(=O)Cc1ccccc1)c1ccccc1)OC[C@@H](NS(=O)(=O)Cc1ccccc1)c1ccccc1. The Bertz CT molecular complexity index is 1670. The number of esters is 2. The summed E-state index contributed by atoms with van der Waals surface area (Å²) < 4.78 is 67.2. The van der Waals surface area contributed by atoms with E-state index >= 15 is 0 Å². The maximum Gasteiger partial charge on any atom is 0.331 e. The van der Waals surface area contributed by atoms with Gasteiger partial charge in [0.2, 0.25) is 20.0 Å². The standard InChI is InChI=1S/C34H34N2O8S2/c37-33(43-23-31(29-17-9-3-10-18-29)35-45(39,40)25-27-13-5-1-6-14-27)21-22-34(38)44-24-32(30-19-11-4-12-20-30)36-46(41,42)26-28-15-7-2-8-16-28/h1-22,31-32,35-36H,23-26H2/b22-21+/t31-,32-/m1/s1. The molecule has 2 N–H and O–H groups in total.